The van der Waals surface area contributed by atoms with Gasteiger partial charge in [0.1, 0.15) is 0 Å². The summed E-state index contributed by atoms with van der Waals surface area (Å²) in [6.45, 7) is 0. The second-order valence-electron chi connectivity index (χ2n) is 2.41. The molecule has 15 heavy (non-hydrogen) atoms. The molecule has 0 saturated carbocycles. The normalized spacial score (nSPS) is 17.3. The zero-order chi connectivity index (χ0) is 10.8. The van der Waals surface area contributed by atoms with E-state index in [1.54, 1.807) is 0 Å². The first-order chi connectivity index (χ1) is 6.39. The van der Waals surface area contributed by atoms with E-state index >= 15 is 0 Å². The van der Waals surface area contributed by atoms with Crippen LogP contribution in [-0.4, -0.2) is 90.1 Å². The second-order valence-corrected chi connectivity index (χ2v) is 6.11. The van der Waals surface area contributed by atoms with Crippen LogP contribution in [0.1, 0.15) is 12.8 Å². The minimum Gasteiger partial charge on any atom is -0.831 e. The average molecular weight is 373 g/mol. The molecule has 78 valence electrons. The van der Waals surface area contributed by atoms with E-state index in [1.165, 1.54) is 0 Å². The number of hydrogen-bond donors (Lipinski definition) is 1. The van der Waals surface area contributed by atoms with E-state index in [0.717, 1.165) is 0 Å². The van der Waals surface area contributed by atoms with Crippen molar-refractivity contribution in [3.05, 3.63) is 0 Å². The minimum atomic E-state index is -4.46. The Morgan fingerprint density at radius 3 is 2.27 bits per heavy atom. The summed E-state index contributed by atoms with van der Waals surface area (Å²) in [5, 5.41) is 8.20. The van der Waals surface area contributed by atoms with E-state index in [4.69, 9.17) is 5.11 Å². The molecule has 0 atom stereocenters. The molecule has 1 heterocycles. The van der Waals surface area contributed by atoms with Gasteiger partial charge in [-0.1, -0.05) is 0 Å². The predicted octanol–water partition coefficient (Wildman–Crippen LogP) is -3.80. The molecule has 0 aromatic carbocycles. The summed E-state index contributed by atoms with van der Waals surface area (Å²) in [5.41, 5.74) is 0. The fourth-order valence-corrected chi connectivity index (χ4v) is 3.34. The van der Waals surface area contributed by atoms with Crippen molar-refractivity contribution in [1.82, 2.24) is 0 Å². The molecule has 0 amide bonds. The first kappa shape index (κ1) is 16.1. The summed E-state index contributed by atoms with van der Waals surface area (Å²) in [7, 11) is -4.46. The van der Waals surface area contributed by atoms with Gasteiger partial charge in [0, 0.05) is 0 Å². The Hall–Kier alpha value is 1.10. The molecule has 1 fully saturated rings. The van der Waals surface area contributed by atoms with Gasteiger partial charge < -0.3 is 25.4 Å². The molecule has 1 aliphatic rings. The number of rotatable bonds is 4. The van der Waals surface area contributed by atoms with E-state index in [0.29, 0.717) is 0 Å². The van der Waals surface area contributed by atoms with E-state index < -0.39 is 36.1 Å². The van der Waals surface area contributed by atoms with Crippen LogP contribution in [0.2, 0.25) is 0 Å². The summed E-state index contributed by atoms with van der Waals surface area (Å²) in [4.78, 5) is 41.4. The maximum absolute atomic E-state index is 10.8. The monoisotopic (exact) mass is 374 g/mol. The predicted molar refractivity (Wildman–Crippen MR) is 42.4 cm³/mol. The fraction of sp³-hybridized carbons (Fsp3) is 0.500. The number of carbonyl (C=O) groups excluding carboxylic acids is 1. The Kier molecular flexibility index (Phi) is 7.24. The first-order valence-electron chi connectivity index (χ1n) is 3.57. The number of aliphatic carboxylic acids is 1. The van der Waals surface area contributed by atoms with Crippen LogP contribution in [0.4, 0.5) is 0 Å². The molecule has 1 saturated heterocycles. The fourth-order valence-electron chi connectivity index (χ4n) is 0.668. The van der Waals surface area contributed by atoms with E-state index in [2.05, 4.69) is 10.7 Å². The largest absolute Gasteiger partial charge is 2.00 e. The smallest absolute Gasteiger partial charge is 0.831 e. The third-order valence-corrected chi connectivity index (χ3v) is 5.56. The van der Waals surface area contributed by atoms with Gasteiger partial charge in [0.25, 0.3) is 5.97 Å². The van der Waals surface area contributed by atoms with Gasteiger partial charge in [-0.25, -0.2) is 0 Å². The van der Waals surface area contributed by atoms with Crippen molar-refractivity contribution in [2.45, 2.75) is 12.8 Å². The summed E-state index contributed by atoms with van der Waals surface area (Å²) in [6.07, 6.45) is -0.713. The zero-order valence-electron chi connectivity index (χ0n) is 7.50. The van der Waals surface area contributed by atoms with Crippen molar-refractivity contribution in [2.75, 3.05) is 0 Å². The van der Waals surface area contributed by atoms with E-state index in [9.17, 15) is 19.2 Å². The molecule has 0 unspecified atom stereocenters. The number of carbonyl (C=O) groups is 2. The zero-order valence-corrected chi connectivity index (χ0v) is 14.1. The molecule has 0 spiro atoms. The van der Waals surface area contributed by atoms with Crippen molar-refractivity contribution >= 4 is 85.0 Å². The Bertz CT molecular complexity index is 251. The summed E-state index contributed by atoms with van der Waals surface area (Å²) < 4.78 is 12.7. The molecule has 8 nitrogen and oxygen atoms in total. The third kappa shape index (κ3) is 6.41. The second kappa shape index (κ2) is 6.74. The standard InChI is InChI=1S/C4H6O4.Al.Ba.O4Si/c5-3(6)1-2-4(7)8;;;1-5(2,3)4/h1-2H2,(H,5,6)(H,7,8);;;/q;+3;+2;-4/p-1. The number of hydrogen-bond acceptors (Lipinski definition) is 7. The van der Waals surface area contributed by atoms with Crippen LogP contribution in [0.3, 0.4) is 0 Å². The van der Waals surface area contributed by atoms with Crippen LogP contribution in [0.5, 0.6) is 0 Å². The maximum atomic E-state index is 10.8. The molecule has 1 aliphatic heterocycles. The Balaban J connectivity index is 0.00000196. The van der Waals surface area contributed by atoms with Crippen molar-refractivity contribution in [3.8, 4) is 0 Å². The summed E-state index contributed by atoms with van der Waals surface area (Å²) in [5.74, 6) is -1.98. The topological polar surface area (TPSA) is 128 Å². The van der Waals surface area contributed by atoms with Crippen LogP contribution in [0.15, 0.2) is 0 Å². The van der Waals surface area contributed by atoms with Crippen molar-refractivity contribution in [1.29, 1.82) is 0 Å². The molecule has 0 aromatic rings. The van der Waals surface area contributed by atoms with Crippen molar-refractivity contribution < 1.29 is 35.0 Å². The summed E-state index contributed by atoms with van der Waals surface area (Å²) in [6, 6.07) is 0. The van der Waals surface area contributed by atoms with Gasteiger partial charge in [-0.2, -0.15) is 0 Å². The Morgan fingerprint density at radius 1 is 1.33 bits per heavy atom. The Labute approximate surface area is 131 Å². The molecule has 0 bridgehead atoms. The van der Waals surface area contributed by atoms with E-state index in [-0.39, 0.29) is 61.7 Å². The van der Waals surface area contributed by atoms with Gasteiger partial charge in [-0.3, -0.25) is 9.59 Å². The Morgan fingerprint density at radius 2 is 1.87 bits per heavy atom. The third-order valence-electron chi connectivity index (χ3n) is 1.25. The number of carboxylic acids is 1. The first-order valence-corrected chi connectivity index (χ1v) is 6.61. The molecule has 0 aromatic heterocycles. The van der Waals surface area contributed by atoms with Gasteiger partial charge in [0.05, 0.1) is 21.9 Å². The van der Waals surface area contributed by atoms with Gasteiger partial charge in [-0.15, -0.1) is 0 Å². The van der Waals surface area contributed by atoms with Gasteiger partial charge in [-0.05, 0) is 0 Å². The SMILES string of the molecule is O=C(O)CCC(=O)[O][Al]1[O][Si]([O-])([O-])[O]1.[Ba+2]. The maximum Gasteiger partial charge on any atom is 2.00 e. The van der Waals surface area contributed by atoms with Crippen LogP contribution < -0.4 is 9.59 Å². The van der Waals surface area contributed by atoms with E-state index in [1.807, 2.05) is 0 Å². The van der Waals surface area contributed by atoms with Gasteiger partial charge >= 0.3 is 70.0 Å². The summed E-state index contributed by atoms with van der Waals surface area (Å²) >= 11 is -2.85. The van der Waals surface area contributed by atoms with Crippen LogP contribution in [-0.2, 0) is 20.3 Å². The molecule has 0 radical (unpaired) electrons. The van der Waals surface area contributed by atoms with Crippen molar-refractivity contribution in [3.63, 3.8) is 0 Å². The average Bonchev–Trinajstić information content (AvgIpc) is 1.97. The molecular weight excluding hydrogens is 368 g/mol. The van der Waals surface area contributed by atoms with Crippen molar-refractivity contribution in [2.24, 2.45) is 0 Å². The van der Waals surface area contributed by atoms with Gasteiger partial charge in [0.15, 0.2) is 0 Å². The molecule has 1 rings (SSSR count). The van der Waals surface area contributed by atoms with Crippen LogP contribution in [0, 0.1) is 0 Å². The quantitative estimate of drug-likeness (QED) is 0.497. The van der Waals surface area contributed by atoms with Crippen LogP contribution >= 0.6 is 0 Å². The van der Waals surface area contributed by atoms with Crippen LogP contribution in [0.25, 0.3) is 0 Å². The number of carboxylic acid groups (broad SMARTS) is 1. The molecule has 11 heteroatoms. The van der Waals surface area contributed by atoms with Gasteiger partial charge in [0.2, 0.25) is 0 Å². The molecular formula is C4H5AlBaO8Si. The minimum absolute atomic E-state index is 0. The molecule has 1 N–H and O–H groups in total. The molecule has 0 aliphatic carbocycles.